The van der Waals surface area contributed by atoms with Gasteiger partial charge in [-0.1, -0.05) is 11.3 Å². The van der Waals surface area contributed by atoms with Gasteiger partial charge in [0.1, 0.15) is 23.0 Å². The Labute approximate surface area is 133 Å². The number of nitrogen functional groups attached to an aromatic ring is 1. The Balaban J connectivity index is 2.15. The second-order valence-electron chi connectivity index (χ2n) is 4.94. The summed E-state index contributed by atoms with van der Waals surface area (Å²) in [5, 5.41) is 29.1. The largest absolute Gasteiger partial charge is 0.477 e. The summed E-state index contributed by atoms with van der Waals surface area (Å²) in [6, 6.07) is 0. The quantitative estimate of drug-likeness (QED) is 0.516. The molecule has 1 saturated heterocycles. The summed E-state index contributed by atoms with van der Waals surface area (Å²) in [6.45, 7) is 1.59. The number of aliphatic hydroxyl groups excluding tert-OH is 3. The zero-order valence-corrected chi connectivity index (χ0v) is 12.9. The first-order valence-corrected chi connectivity index (χ1v) is 7.73. The molecule has 10 nitrogen and oxygen atoms in total. The molecule has 4 atom stereocenters. The number of aliphatic hydroxyl groups is 3. The molecule has 0 aromatic carbocycles. The van der Waals surface area contributed by atoms with Crippen molar-refractivity contribution in [3.8, 4) is 5.88 Å². The van der Waals surface area contributed by atoms with Crippen LogP contribution in [0.1, 0.15) is 13.2 Å². The molecule has 11 heteroatoms. The van der Waals surface area contributed by atoms with Crippen LogP contribution in [0.25, 0.3) is 10.3 Å². The number of aromatic nitrogens is 3. The minimum Gasteiger partial charge on any atom is -0.477 e. The minimum atomic E-state index is -1.39. The van der Waals surface area contributed by atoms with E-state index in [1.54, 1.807) is 6.92 Å². The Bertz CT molecular complexity index is 777. The third-order valence-corrected chi connectivity index (χ3v) is 4.43. The topological polar surface area (TPSA) is 153 Å². The van der Waals surface area contributed by atoms with E-state index in [9.17, 15) is 15.0 Å². The molecule has 0 spiro atoms. The molecule has 3 rings (SSSR count). The zero-order valence-electron chi connectivity index (χ0n) is 12.1. The third-order valence-electron chi connectivity index (χ3n) is 3.50. The van der Waals surface area contributed by atoms with Crippen molar-refractivity contribution in [3.05, 3.63) is 9.67 Å². The Morgan fingerprint density at radius 2 is 2.13 bits per heavy atom. The van der Waals surface area contributed by atoms with Crippen LogP contribution < -0.4 is 15.3 Å². The number of hydrogen-bond donors (Lipinski definition) is 4. The van der Waals surface area contributed by atoms with Crippen LogP contribution in [0.15, 0.2) is 4.79 Å². The van der Waals surface area contributed by atoms with Gasteiger partial charge in [-0.15, -0.1) is 0 Å². The lowest BCUT2D eigenvalue weighted by molar-refractivity contribution is -0.0518. The SMILES string of the molecule is CCOc1nc(N)nc2c1sc(=O)n2[C@@H]1O[C@H](CO)[C@@H](O)[C@H]1O. The lowest BCUT2D eigenvalue weighted by atomic mass is 10.1. The van der Waals surface area contributed by atoms with E-state index in [4.69, 9.17) is 20.3 Å². The smallest absolute Gasteiger partial charge is 0.311 e. The van der Waals surface area contributed by atoms with Crippen LogP contribution in [0, 0.1) is 0 Å². The van der Waals surface area contributed by atoms with Crippen LogP contribution in [0.3, 0.4) is 0 Å². The van der Waals surface area contributed by atoms with Crippen molar-refractivity contribution >= 4 is 27.6 Å². The maximum absolute atomic E-state index is 12.3. The van der Waals surface area contributed by atoms with Crippen molar-refractivity contribution in [1.82, 2.24) is 14.5 Å². The van der Waals surface area contributed by atoms with Crippen LogP contribution in [0.2, 0.25) is 0 Å². The van der Waals surface area contributed by atoms with E-state index >= 15 is 0 Å². The number of fused-ring (bicyclic) bond motifs is 1. The number of rotatable bonds is 4. The van der Waals surface area contributed by atoms with E-state index in [1.807, 2.05) is 0 Å². The molecule has 0 saturated carbocycles. The molecule has 1 aliphatic rings. The maximum Gasteiger partial charge on any atom is 0.311 e. The van der Waals surface area contributed by atoms with E-state index in [0.29, 0.717) is 11.3 Å². The van der Waals surface area contributed by atoms with Gasteiger partial charge in [0.25, 0.3) is 0 Å². The van der Waals surface area contributed by atoms with E-state index < -0.39 is 36.0 Å². The Morgan fingerprint density at radius 3 is 2.74 bits per heavy atom. The first-order chi connectivity index (χ1) is 11.0. The molecule has 1 aliphatic heterocycles. The first kappa shape index (κ1) is 16.1. The number of nitrogens with zero attached hydrogens (tertiary/aromatic N) is 3. The van der Waals surface area contributed by atoms with Gasteiger partial charge in [-0.3, -0.25) is 9.36 Å². The standard InChI is InChI=1S/C12H16N4O6S/c1-2-21-9-7-8(14-11(13)15-9)16(12(20)23-7)10-6(19)5(18)4(3-17)22-10/h4-6,10,17-19H,2-3H2,1H3,(H2,13,14,15)/t4-,5-,6-,10-/m1/s1. The van der Waals surface area contributed by atoms with Gasteiger partial charge in [-0.05, 0) is 6.92 Å². The third kappa shape index (κ3) is 2.56. The molecule has 2 aromatic heterocycles. The lowest BCUT2D eigenvalue weighted by Gasteiger charge is -2.16. The van der Waals surface area contributed by atoms with E-state index in [1.165, 1.54) is 0 Å². The number of anilines is 1. The molecule has 23 heavy (non-hydrogen) atoms. The summed E-state index contributed by atoms with van der Waals surface area (Å²) in [4.78, 5) is 19.8. The van der Waals surface area contributed by atoms with Crippen LogP contribution in [0.4, 0.5) is 5.95 Å². The average molecular weight is 344 g/mol. The Kier molecular flexibility index (Phi) is 4.21. The maximum atomic E-state index is 12.3. The zero-order chi connectivity index (χ0) is 16.7. The predicted octanol–water partition coefficient (Wildman–Crippen LogP) is -1.55. The molecule has 1 fully saturated rings. The van der Waals surface area contributed by atoms with Gasteiger partial charge in [0, 0.05) is 0 Å². The highest BCUT2D eigenvalue weighted by Crippen LogP contribution is 2.33. The molecule has 126 valence electrons. The molecule has 0 radical (unpaired) electrons. The van der Waals surface area contributed by atoms with Crippen molar-refractivity contribution < 1.29 is 24.8 Å². The molecule has 0 aliphatic carbocycles. The monoisotopic (exact) mass is 344 g/mol. The Hall–Kier alpha value is -1.79. The van der Waals surface area contributed by atoms with Crippen molar-refractivity contribution in [2.24, 2.45) is 0 Å². The summed E-state index contributed by atoms with van der Waals surface area (Å²) in [5.74, 6) is 0.0711. The van der Waals surface area contributed by atoms with E-state index in [0.717, 1.165) is 15.9 Å². The Morgan fingerprint density at radius 1 is 1.39 bits per heavy atom. The van der Waals surface area contributed by atoms with Gasteiger partial charge in [0.05, 0.1) is 13.2 Å². The van der Waals surface area contributed by atoms with Gasteiger partial charge in [0.2, 0.25) is 11.8 Å². The van der Waals surface area contributed by atoms with E-state index in [-0.39, 0.29) is 17.5 Å². The fourth-order valence-corrected chi connectivity index (χ4v) is 3.35. The highest BCUT2D eigenvalue weighted by Gasteiger charge is 2.44. The lowest BCUT2D eigenvalue weighted by Crippen LogP contribution is -2.34. The van der Waals surface area contributed by atoms with Crippen molar-refractivity contribution in [2.75, 3.05) is 18.9 Å². The van der Waals surface area contributed by atoms with Crippen molar-refractivity contribution in [1.29, 1.82) is 0 Å². The number of hydrogen-bond acceptors (Lipinski definition) is 10. The van der Waals surface area contributed by atoms with Gasteiger partial charge < -0.3 is 30.5 Å². The van der Waals surface area contributed by atoms with Crippen LogP contribution in [0.5, 0.6) is 5.88 Å². The predicted molar refractivity (Wildman–Crippen MR) is 80.3 cm³/mol. The fourth-order valence-electron chi connectivity index (χ4n) is 2.46. The number of ether oxygens (including phenoxy) is 2. The second kappa shape index (κ2) is 6.02. The molecular formula is C12H16N4O6S. The van der Waals surface area contributed by atoms with Gasteiger partial charge in [-0.25, -0.2) is 0 Å². The molecule has 0 bridgehead atoms. The molecular weight excluding hydrogens is 328 g/mol. The van der Waals surface area contributed by atoms with Crippen LogP contribution >= 0.6 is 11.3 Å². The van der Waals surface area contributed by atoms with E-state index in [2.05, 4.69) is 9.97 Å². The molecule has 0 unspecified atom stereocenters. The van der Waals surface area contributed by atoms with Crippen molar-refractivity contribution in [3.63, 3.8) is 0 Å². The van der Waals surface area contributed by atoms with Gasteiger partial charge in [0.15, 0.2) is 11.9 Å². The summed E-state index contributed by atoms with van der Waals surface area (Å²) in [6.07, 6.45) is -4.90. The number of thiazole rings is 1. The minimum absolute atomic E-state index is 0.0979. The van der Waals surface area contributed by atoms with Crippen LogP contribution in [-0.2, 0) is 4.74 Å². The van der Waals surface area contributed by atoms with Gasteiger partial charge >= 0.3 is 4.87 Å². The summed E-state index contributed by atoms with van der Waals surface area (Å²) in [5.41, 5.74) is 5.79. The molecule has 5 N–H and O–H groups in total. The highest BCUT2D eigenvalue weighted by molar-refractivity contribution is 7.16. The summed E-state index contributed by atoms with van der Waals surface area (Å²) in [7, 11) is 0. The summed E-state index contributed by atoms with van der Waals surface area (Å²) < 4.78 is 12.2. The van der Waals surface area contributed by atoms with Crippen LogP contribution in [-0.4, -0.2) is 61.4 Å². The summed E-state index contributed by atoms with van der Waals surface area (Å²) >= 11 is 0.820. The van der Waals surface area contributed by atoms with Gasteiger partial charge in [-0.2, -0.15) is 9.97 Å². The average Bonchev–Trinajstić information content (AvgIpc) is 2.97. The molecule has 3 heterocycles. The molecule has 0 amide bonds. The van der Waals surface area contributed by atoms with Crippen molar-refractivity contribution in [2.45, 2.75) is 31.5 Å². The normalized spacial score (nSPS) is 27.7. The molecule has 2 aromatic rings. The fraction of sp³-hybridized carbons (Fsp3) is 0.583. The second-order valence-corrected chi connectivity index (χ2v) is 5.90. The number of nitrogens with two attached hydrogens (primary N) is 1. The highest BCUT2D eigenvalue weighted by atomic mass is 32.1. The first-order valence-electron chi connectivity index (χ1n) is 6.91.